The minimum absolute atomic E-state index is 0.000174. The first-order valence-electron chi connectivity index (χ1n) is 11.4. The number of benzene rings is 1. The van der Waals surface area contributed by atoms with Crippen molar-refractivity contribution in [3.05, 3.63) is 47.1 Å². The van der Waals surface area contributed by atoms with Crippen molar-refractivity contribution < 1.29 is 27.1 Å². The van der Waals surface area contributed by atoms with Gasteiger partial charge >= 0.3 is 12.4 Å². The summed E-state index contributed by atoms with van der Waals surface area (Å²) in [6.45, 7) is 0. The fourth-order valence-electron chi connectivity index (χ4n) is 4.62. The summed E-state index contributed by atoms with van der Waals surface area (Å²) < 4.78 is 46.6. The third kappa shape index (κ3) is 5.84. The van der Waals surface area contributed by atoms with Crippen molar-refractivity contribution in [1.29, 1.82) is 0 Å². The predicted octanol–water partition coefficient (Wildman–Crippen LogP) is 5.90. The first-order chi connectivity index (χ1) is 16.7. The van der Waals surface area contributed by atoms with E-state index < -0.39 is 12.5 Å². The largest absolute Gasteiger partial charge is 0.522 e. The molecule has 2 aromatic heterocycles. The molecule has 2 heterocycles. The number of anilines is 1. The highest BCUT2D eigenvalue weighted by molar-refractivity contribution is 6.31. The Hall–Kier alpha value is -2.92. The number of halogens is 4. The van der Waals surface area contributed by atoms with E-state index in [1.807, 2.05) is 12.1 Å². The van der Waals surface area contributed by atoms with Gasteiger partial charge in [0.15, 0.2) is 0 Å². The van der Waals surface area contributed by atoms with Gasteiger partial charge in [0.05, 0.1) is 11.6 Å². The van der Waals surface area contributed by atoms with Crippen LogP contribution < -0.4 is 10.6 Å². The van der Waals surface area contributed by atoms with Gasteiger partial charge in [-0.2, -0.15) is 0 Å². The summed E-state index contributed by atoms with van der Waals surface area (Å²) in [5, 5.41) is 15.4. The summed E-state index contributed by atoms with van der Waals surface area (Å²) in [6.07, 6.45) is -2.06. The van der Waals surface area contributed by atoms with Gasteiger partial charge in [-0.15, -0.1) is 23.4 Å². The van der Waals surface area contributed by atoms with Gasteiger partial charge in [0.25, 0.3) is 0 Å². The molecule has 0 spiro atoms. The zero-order valence-corrected chi connectivity index (χ0v) is 19.3. The molecule has 12 heteroatoms. The zero-order chi connectivity index (χ0) is 24.6. The smallest absolute Gasteiger partial charge is 0.425 e. The van der Waals surface area contributed by atoms with Crippen LogP contribution in [0.15, 0.2) is 34.7 Å². The van der Waals surface area contributed by atoms with Crippen molar-refractivity contribution in [3.8, 4) is 0 Å². The Morgan fingerprint density at radius 1 is 1.03 bits per heavy atom. The van der Waals surface area contributed by atoms with E-state index in [0.29, 0.717) is 22.6 Å². The van der Waals surface area contributed by atoms with Crippen molar-refractivity contribution in [2.24, 2.45) is 0 Å². The molecule has 5 rings (SSSR count). The summed E-state index contributed by atoms with van der Waals surface area (Å²) in [4.78, 5) is 16.9. The number of hydrogen-bond acceptors (Lipinski definition) is 6. The van der Waals surface area contributed by atoms with E-state index in [0.717, 1.165) is 36.6 Å². The summed E-state index contributed by atoms with van der Waals surface area (Å²) in [5.41, 5.74) is 0.733. The Kier molecular flexibility index (Phi) is 6.54. The van der Waals surface area contributed by atoms with E-state index in [-0.39, 0.29) is 36.8 Å². The first kappa shape index (κ1) is 23.8. The average Bonchev–Trinajstić information content (AvgIpc) is 3.25. The van der Waals surface area contributed by atoms with Gasteiger partial charge in [0.2, 0.25) is 11.8 Å². The van der Waals surface area contributed by atoms with E-state index in [4.69, 9.17) is 16.0 Å². The second-order valence-electron chi connectivity index (χ2n) is 9.01. The Balaban J connectivity index is 1.08. The third-order valence-electron chi connectivity index (χ3n) is 6.51. The molecule has 0 radical (unpaired) electrons. The lowest BCUT2D eigenvalue weighted by Crippen LogP contribution is -2.40. The van der Waals surface area contributed by atoms with Crippen LogP contribution in [0.25, 0.3) is 10.9 Å². The maximum atomic E-state index is 12.4. The van der Waals surface area contributed by atoms with Gasteiger partial charge in [-0.25, -0.2) is 9.78 Å². The maximum absolute atomic E-state index is 12.4. The lowest BCUT2D eigenvalue weighted by atomic mass is 9.82. The number of pyridine rings is 1. The molecule has 1 aromatic carbocycles. The van der Waals surface area contributed by atoms with Crippen molar-refractivity contribution >= 4 is 34.4 Å². The van der Waals surface area contributed by atoms with Gasteiger partial charge in [-0.3, -0.25) is 10.1 Å². The molecule has 0 unspecified atom stereocenters. The maximum Gasteiger partial charge on any atom is 0.522 e. The average molecular weight is 510 g/mol. The number of amides is 2. The molecule has 2 aliphatic carbocycles. The number of rotatable bonds is 5. The molecule has 3 aromatic rings. The molecule has 0 atom stereocenters. The molecule has 2 saturated carbocycles. The zero-order valence-electron chi connectivity index (χ0n) is 18.5. The Morgan fingerprint density at radius 3 is 2.46 bits per heavy atom. The van der Waals surface area contributed by atoms with E-state index in [2.05, 4.69) is 30.6 Å². The molecule has 0 aliphatic heterocycles. The topological polar surface area (TPSA) is 102 Å². The summed E-state index contributed by atoms with van der Waals surface area (Å²) in [5.74, 6) is 1.18. The monoisotopic (exact) mass is 509 g/mol. The number of fused-ring (bicyclic) bond motifs is 1. The van der Waals surface area contributed by atoms with E-state index in [9.17, 15) is 18.0 Å². The van der Waals surface area contributed by atoms with Gasteiger partial charge < -0.3 is 9.73 Å². The fraction of sp³-hybridized carbons (Fsp3) is 0.478. The van der Waals surface area contributed by atoms with Crippen molar-refractivity contribution in [3.63, 3.8) is 0 Å². The van der Waals surface area contributed by atoms with Gasteiger partial charge in [-0.05, 0) is 68.9 Å². The molecule has 2 fully saturated rings. The lowest BCUT2D eigenvalue weighted by Gasteiger charge is -2.33. The molecule has 186 valence electrons. The highest BCUT2D eigenvalue weighted by Crippen LogP contribution is 2.42. The van der Waals surface area contributed by atoms with E-state index in [1.54, 1.807) is 18.2 Å². The lowest BCUT2D eigenvalue weighted by molar-refractivity contribution is -0.352. The van der Waals surface area contributed by atoms with Gasteiger partial charge in [0.1, 0.15) is 5.82 Å². The summed E-state index contributed by atoms with van der Waals surface area (Å²) in [6, 6.07) is 8.60. The van der Waals surface area contributed by atoms with E-state index in [1.165, 1.54) is 0 Å². The molecule has 2 N–H and O–H groups in total. The minimum Gasteiger partial charge on any atom is -0.425 e. The van der Waals surface area contributed by atoms with Crippen molar-refractivity contribution in [2.45, 2.75) is 68.9 Å². The van der Waals surface area contributed by atoms with Crippen LogP contribution in [0.4, 0.5) is 23.8 Å². The fourth-order valence-corrected chi connectivity index (χ4v) is 4.80. The van der Waals surface area contributed by atoms with E-state index >= 15 is 0 Å². The number of urea groups is 1. The molecular weight excluding hydrogens is 487 g/mol. The molecule has 0 bridgehead atoms. The van der Waals surface area contributed by atoms with Crippen LogP contribution in [0.2, 0.25) is 5.02 Å². The summed E-state index contributed by atoms with van der Waals surface area (Å²) >= 11 is 5.99. The number of aromatic nitrogens is 3. The van der Waals surface area contributed by atoms with Gasteiger partial charge in [0, 0.05) is 28.3 Å². The number of carbonyl (C=O) groups is 1. The Labute approximate surface area is 203 Å². The van der Waals surface area contributed by atoms with Crippen LogP contribution in [-0.4, -0.2) is 39.7 Å². The Morgan fingerprint density at radius 2 is 1.74 bits per heavy atom. The molecule has 35 heavy (non-hydrogen) atoms. The first-order valence-corrected chi connectivity index (χ1v) is 11.8. The van der Waals surface area contributed by atoms with Crippen LogP contribution in [0.3, 0.4) is 0 Å². The van der Waals surface area contributed by atoms with Crippen LogP contribution in [0, 0.1) is 0 Å². The highest BCUT2D eigenvalue weighted by atomic mass is 35.5. The third-order valence-corrected chi connectivity index (χ3v) is 6.74. The molecule has 8 nitrogen and oxygen atoms in total. The molecule has 2 amide bonds. The second kappa shape index (κ2) is 9.62. The summed E-state index contributed by atoms with van der Waals surface area (Å²) in [7, 11) is 0. The van der Waals surface area contributed by atoms with Crippen molar-refractivity contribution in [1.82, 2.24) is 20.5 Å². The van der Waals surface area contributed by atoms with Crippen LogP contribution in [0.5, 0.6) is 0 Å². The van der Waals surface area contributed by atoms with Gasteiger partial charge in [-0.1, -0.05) is 11.6 Å². The van der Waals surface area contributed by atoms with Crippen LogP contribution >= 0.6 is 11.6 Å². The predicted molar refractivity (Wildman–Crippen MR) is 121 cm³/mol. The second-order valence-corrected chi connectivity index (χ2v) is 9.45. The van der Waals surface area contributed by atoms with Crippen molar-refractivity contribution in [2.75, 3.05) is 5.32 Å². The number of ether oxygens (including phenoxy) is 1. The number of carbonyl (C=O) groups excluding carboxylic acids is 1. The number of nitrogens with one attached hydrogen (secondary N) is 2. The highest BCUT2D eigenvalue weighted by Gasteiger charge is 2.42. The number of hydrogen-bond donors (Lipinski definition) is 2. The Bertz CT molecular complexity index is 1210. The molecule has 0 saturated heterocycles. The molecular formula is C23H23ClF3N5O3. The SMILES string of the molecule is O=C(Nc1ccc2cc(Cl)ccc2n1)NC1CCC(c2nnc(C3CC(OC(F)(F)F)C3)o2)CC1. The molecule has 2 aliphatic rings. The number of nitrogens with zero attached hydrogens (tertiary/aromatic N) is 3. The van der Waals surface area contributed by atoms with Crippen LogP contribution in [0.1, 0.15) is 62.1 Å². The van der Waals surface area contributed by atoms with Crippen LogP contribution in [-0.2, 0) is 4.74 Å². The quantitative estimate of drug-likeness (QED) is 0.444. The number of alkyl halides is 3. The normalized spacial score (nSPS) is 24.7. The standard InChI is InChI=1S/C23H23ClF3N5O3/c24-15-4-7-18-13(9-15)3-8-19(29-18)30-22(33)28-16-5-1-12(2-6-16)20-31-32-21(34-20)14-10-17(11-14)35-23(25,26)27/h3-4,7-9,12,14,16-17H,1-2,5-6,10-11H2,(H2,28,29,30,33). The minimum atomic E-state index is -4.62.